The third kappa shape index (κ3) is 3.58. The van der Waals surface area contributed by atoms with Gasteiger partial charge in [0.25, 0.3) is 0 Å². The van der Waals surface area contributed by atoms with E-state index in [1.165, 1.54) is 0 Å². The van der Waals surface area contributed by atoms with Crippen molar-refractivity contribution in [3.8, 4) is 0 Å². The molecular weight excluding hydrogens is 283 g/mol. The van der Waals surface area contributed by atoms with Gasteiger partial charge in [0, 0.05) is 10.6 Å². The highest BCUT2D eigenvalue weighted by atomic mass is 127. The second-order valence-electron chi connectivity index (χ2n) is 2.42. The molecule has 0 radical (unpaired) electrons. The second kappa shape index (κ2) is 5.00. The standard InChI is InChI=1S/C8H9IN2O2/c9-4-3-6-1-2-7(10-5-6)11-8(12)13/h1-2,5H,3-4H2,(H,10,11)(H,12,13). The number of amides is 1. The lowest BCUT2D eigenvalue weighted by Crippen LogP contribution is -2.08. The number of pyridine rings is 1. The number of nitrogens with zero attached hydrogens (tertiary/aromatic N) is 1. The van der Waals surface area contributed by atoms with E-state index in [0.29, 0.717) is 5.82 Å². The molecule has 0 fully saturated rings. The van der Waals surface area contributed by atoms with Crippen molar-refractivity contribution >= 4 is 34.5 Å². The van der Waals surface area contributed by atoms with E-state index in [4.69, 9.17) is 5.11 Å². The number of carbonyl (C=O) groups is 1. The number of hydrogen-bond acceptors (Lipinski definition) is 2. The molecule has 0 aliphatic rings. The quantitative estimate of drug-likeness (QED) is 0.663. The number of hydrogen-bond donors (Lipinski definition) is 2. The van der Waals surface area contributed by atoms with Gasteiger partial charge < -0.3 is 5.11 Å². The van der Waals surface area contributed by atoms with E-state index in [1.807, 2.05) is 6.07 Å². The van der Waals surface area contributed by atoms with Crippen LogP contribution in [0.25, 0.3) is 0 Å². The maximum absolute atomic E-state index is 10.2. The fourth-order valence-electron chi connectivity index (χ4n) is 0.865. The minimum atomic E-state index is -1.09. The third-order valence-electron chi connectivity index (χ3n) is 1.44. The zero-order valence-electron chi connectivity index (χ0n) is 6.83. The predicted octanol–water partition coefficient (Wildman–Crippen LogP) is 2.15. The summed E-state index contributed by atoms with van der Waals surface area (Å²) < 4.78 is 1.03. The van der Waals surface area contributed by atoms with E-state index in [1.54, 1.807) is 12.3 Å². The lowest BCUT2D eigenvalue weighted by atomic mass is 10.2. The van der Waals surface area contributed by atoms with Crippen LogP contribution in [-0.2, 0) is 6.42 Å². The first-order chi connectivity index (χ1) is 6.22. The maximum Gasteiger partial charge on any atom is 0.410 e. The molecule has 1 amide bonds. The van der Waals surface area contributed by atoms with Crippen LogP contribution in [0, 0.1) is 0 Å². The van der Waals surface area contributed by atoms with Gasteiger partial charge in [-0.25, -0.2) is 9.78 Å². The molecule has 1 rings (SSSR count). The van der Waals surface area contributed by atoms with Crippen molar-refractivity contribution in [3.05, 3.63) is 23.9 Å². The molecule has 0 aliphatic carbocycles. The summed E-state index contributed by atoms with van der Waals surface area (Å²) in [5, 5.41) is 10.6. The molecule has 70 valence electrons. The summed E-state index contributed by atoms with van der Waals surface area (Å²) >= 11 is 2.28. The van der Waals surface area contributed by atoms with Crippen molar-refractivity contribution in [2.24, 2.45) is 0 Å². The SMILES string of the molecule is O=C(O)Nc1ccc(CCI)cn1. The molecule has 5 heteroatoms. The average molecular weight is 292 g/mol. The Morgan fingerprint density at radius 3 is 2.85 bits per heavy atom. The highest BCUT2D eigenvalue weighted by Crippen LogP contribution is 2.06. The molecule has 1 aromatic heterocycles. The van der Waals surface area contributed by atoms with Gasteiger partial charge in [0.05, 0.1) is 0 Å². The van der Waals surface area contributed by atoms with Gasteiger partial charge in [0.15, 0.2) is 0 Å². The number of nitrogens with one attached hydrogen (secondary N) is 1. The summed E-state index contributed by atoms with van der Waals surface area (Å²) in [6.07, 6.45) is 1.55. The number of aromatic nitrogens is 1. The van der Waals surface area contributed by atoms with Crippen LogP contribution in [0.5, 0.6) is 0 Å². The van der Waals surface area contributed by atoms with Gasteiger partial charge in [-0.2, -0.15) is 0 Å². The van der Waals surface area contributed by atoms with Gasteiger partial charge >= 0.3 is 6.09 Å². The van der Waals surface area contributed by atoms with Gasteiger partial charge in [-0.1, -0.05) is 28.7 Å². The first kappa shape index (κ1) is 10.2. The Kier molecular flexibility index (Phi) is 3.94. The second-order valence-corrected chi connectivity index (χ2v) is 3.50. The molecule has 0 saturated carbocycles. The van der Waals surface area contributed by atoms with Crippen molar-refractivity contribution in [1.82, 2.24) is 4.98 Å². The Balaban J connectivity index is 2.64. The molecule has 0 unspecified atom stereocenters. The van der Waals surface area contributed by atoms with Crippen LogP contribution in [0.4, 0.5) is 10.6 Å². The highest BCUT2D eigenvalue weighted by molar-refractivity contribution is 14.1. The van der Waals surface area contributed by atoms with E-state index < -0.39 is 6.09 Å². The molecular formula is C8H9IN2O2. The van der Waals surface area contributed by atoms with Gasteiger partial charge in [0.2, 0.25) is 0 Å². The largest absolute Gasteiger partial charge is 0.465 e. The van der Waals surface area contributed by atoms with Gasteiger partial charge in [-0.05, 0) is 18.1 Å². The van der Waals surface area contributed by atoms with Gasteiger partial charge in [-0.15, -0.1) is 0 Å². The first-order valence-electron chi connectivity index (χ1n) is 3.73. The van der Waals surface area contributed by atoms with E-state index in [0.717, 1.165) is 16.4 Å². The summed E-state index contributed by atoms with van der Waals surface area (Å²) in [4.78, 5) is 14.2. The predicted molar refractivity (Wildman–Crippen MR) is 58.5 cm³/mol. The molecule has 13 heavy (non-hydrogen) atoms. The van der Waals surface area contributed by atoms with E-state index in [-0.39, 0.29) is 0 Å². The van der Waals surface area contributed by atoms with Crippen LogP contribution in [0.15, 0.2) is 18.3 Å². The zero-order valence-corrected chi connectivity index (χ0v) is 8.98. The Morgan fingerprint density at radius 1 is 1.62 bits per heavy atom. The lowest BCUT2D eigenvalue weighted by molar-refractivity contribution is 0.209. The Bertz CT molecular complexity index is 287. The van der Waals surface area contributed by atoms with E-state index in [9.17, 15) is 4.79 Å². The first-order valence-corrected chi connectivity index (χ1v) is 5.26. The summed E-state index contributed by atoms with van der Waals surface area (Å²) in [7, 11) is 0. The lowest BCUT2D eigenvalue weighted by Gasteiger charge is -2.00. The molecule has 0 saturated heterocycles. The smallest absolute Gasteiger partial charge is 0.410 e. The fourth-order valence-corrected chi connectivity index (χ4v) is 1.49. The number of alkyl halides is 1. The number of rotatable bonds is 3. The molecule has 1 heterocycles. The number of halogens is 1. The molecule has 2 N–H and O–H groups in total. The van der Waals surface area contributed by atoms with Crippen LogP contribution in [0.3, 0.4) is 0 Å². The molecule has 0 atom stereocenters. The average Bonchev–Trinajstić information content (AvgIpc) is 2.08. The summed E-state index contributed by atoms with van der Waals surface area (Å²) in [5.74, 6) is 0.365. The molecule has 0 aromatic carbocycles. The van der Waals surface area contributed by atoms with Crippen LogP contribution in [-0.4, -0.2) is 20.6 Å². The van der Waals surface area contributed by atoms with Crippen LogP contribution in [0.2, 0.25) is 0 Å². The van der Waals surface area contributed by atoms with Crippen molar-refractivity contribution in [2.45, 2.75) is 6.42 Å². The molecule has 0 aliphatic heterocycles. The maximum atomic E-state index is 10.2. The van der Waals surface area contributed by atoms with Crippen LogP contribution < -0.4 is 5.32 Å². The van der Waals surface area contributed by atoms with Gasteiger partial charge in [0.1, 0.15) is 5.82 Å². The van der Waals surface area contributed by atoms with Crippen molar-refractivity contribution < 1.29 is 9.90 Å². The van der Waals surface area contributed by atoms with Crippen molar-refractivity contribution in [2.75, 3.05) is 9.74 Å². The normalized spacial score (nSPS) is 9.62. The van der Waals surface area contributed by atoms with Gasteiger partial charge in [-0.3, -0.25) is 5.32 Å². The summed E-state index contributed by atoms with van der Waals surface area (Å²) in [5.41, 5.74) is 1.12. The Hall–Kier alpha value is -0.850. The van der Waals surface area contributed by atoms with Crippen molar-refractivity contribution in [1.29, 1.82) is 0 Å². The number of anilines is 1. The molecule has 0 spiro atoms. The highest BCUT2D eigenvalue weighted by Gasteiger charge is 1.98. The fraction of sp³-hybridized carbons (Fsp3) is 0.250. The molecule has 1 aromatic rings. The van der Waals surface area contributed by atoms with E-state index in [2.05, 4.69) is 32.9 Å². The summed E-state index contributed by atoms with van der Waals surface area (Å²) in [6.45, 7) is 0. The minimum Gasteiger partial charge on any atom is -0.465 e. The number of carboxylic acid groups (broad SMARTS) is 1. The van der Waals surface area contributed by atoms with Crippen molar-refractivity contribution in [3.63, 3.8) is 0 Å². The summed E-state index contributed by atoms with van der Waals surface area (Å²) in [6, 6.07) is 3.53. The third-order valence-corrected chi connectivity index (χ3v) is 1.98. The zero-order chi connectivity index (χ0) is 9.68. The minimum absolute atomic E-state index is 0.365. The monoisotopic (exact) mass is 292 g/mol. The molecule has 4 nitrogen and oxygen atoms in total. The van der Waals surface area contributed by atoms with Crippen LogP contribution in [0.1, 0.15) is 5.56 Å². The van der Waals surface area contributed by atoms with E-state index >= 15 is 0 Å². The topological polar surface area (TPSA) is 62.2 Å². The Morgan fingerprint density at radius 2 is 2.38 bits per heavy atom. The number of aryl methyl sites for hydroxylation is 1. The Labute approximate surface area is 89.5 Å². The van der Waals surface area contributed by atoms with Crippen LogP contribution >= 0.6 is 22.6 Å². The molecule has 0 bridgehead atoms.